The molecule has 0 saturated carbocycles. The molecule has 1 fully saturated rings. The Morgan fingerprint density at radius 2 is 1.85 bits per heavy atom. The van der Waals surface area contributed by atoms with Crippen LogP contribution in [0.1, 0.15) is 40.0 Å². The molecule has 0 bridgehead atoms. The van der Waals surface area contributed by atoms with Crippen molar-refractivity contribution < 1.29 is 29.0 Å². The standard InChI is InChI=1S/C29H21ClN2O6S/c1-14-11-18-12-17(7-10-21(18)38-14)25(33)23-24(15-3-5-16(6-4-15)28(36)37-2)32(27(35)26(23)34)29-31-20-9-8-19(30)13-22(20)39-29/h3-10,12-14,24,33H,11H2,1-2H3/t14-,24+/m0/s1. The van der Waals surface area contributed by atoms with Crippen LogP contribution in [0, 0.1) is 0 Å². The number of methoxy groups -OCH3 is 1. The monoisotopic (exact) mass is 560 g/mol. The van der Waals surface area contributed by atoms with Gasteiger partial charge in [0, 0.05) is 17.0 Å². The molecular weight excluding hydrogens is 540 g/mol. The van der Waals surface area contributed by atoms with Gasteiger partial charge in [0.25, 0.3) is 5.78 Å². The number of aromatic nitrogens is 1. The minimum Gasteiger partial charge on any atom is -0.507 e. The first-order valence-corrected chi connectivity index (χ1v) is 13.3. The molecule has 196 valence electrons. The first-order valence-electron chi connectivity index (χ1n) is 12.1. The van der Waals surface area contributed by atoms with Gasteiger partial charge in [0.2, 0.25) is 0 Å². The van der Waals surface area contributed by atoms with Crippen LogP contribution in [0.15, 0.2) is 66.2 Å². The average Bonchev–Trinajstić information content (AvgIpc) is 3.59. The Hall–Kier alpha value is -4.21. The quantitative estimate of drug-likeness (QED) is 0.148. The van der Waals surface area contributed by atoms with Crippen molar-refractivity contribution >= 4 is 61.7 Å². The van der Waals surface area contributed by atoms with E-state index in [2.05, 4.69) is 4.98 Å². The number of esters is 1. The van der Waals surface area contributed by atoms with E-state index in [1.54, 1.807) is 60.7 Å². The first-order chi connectivity index (χ1) is 18.7. The van der Waals surface area contributed by atoms with Gasteiger partial charge >= 0.3 is 11.9 Å². The van der Waals surface area contributed by atoms with Crippen molar-refractivity contribution in [2.45, 2.75) is 25.5 Å². The minimum atomic E-state index is -0.990. The molecular formula is C29H21ClN2O6S. The van der Waals surface area contributed by atoms with Gasteiger partial charge in [-0.15, -0.1) is 0 Å². The van der Waals surface area contributed by atoms with Gasteiger partial charge in [-0.2, -0.15) is 0 Å². The fourth-order valence-corrected chi connectivity index (χ4v) is 6.25. The van der Waals surface area contributed by atoms with Crippen LogP contribution in [0.5, 0.6) is 5.75 Å². The molecule has 0 unspecified atom stereocenters. The number of halogens is 1. The lowest BCUT2D eigenvalue weighted by Gasteiger charge is -2.23. The Morgan fingerprint density at radius 1 is 1.10 bits per heavy atom. The number of fused-ring (bicyclic) bond motifs is 2. The highest BCUT2D eigenvalue weighted by Crippen LogP contribution is 2.45. The van der Waals surface area contributed by atoms with Crippen molar-refractivity contribution in [3.8, 4) is 5.75 Å². The number of carbonyl (C=O) groups is 3. The number of rotatable bonds is 4. The van der Waals surface area contributed by atoms with Gasteiger partial charge in [-0.05, 0) is 66.6 Å². The van der Waals surface area contributed by atoms with E-state index in [0.29, 0.717) is 33.7 Å². The fraction of sp³-hybridized carbons (Fsp3) is 0.172. The number of thiazole rings is 1. The second-order valence-electron chi connectivity index (χ2n) is 9.35. The normalized spacial score (nSPS) is 19.8. The molecule has 0 aliphatic carbocycles. The minimum absolute atomic E-state index is 0.00356. The first kappa shape index (κ1) is 25.1. The maximum absolute atomic E-state index is 13.5. The van der Waals surface area contributed by atoms with Gasteiger partial charge in [0.1, 0.15) is 17.6 Å². The molecule has 1 aromatic heterocycles. The Labute approximate surface area is 232 Å². The van der Waals surface area contributed by atoms with Gasteiger partial charge in [-0.25, -0.2) is 9.78 Å². The fourth-order valence-electron chi connectivity index (χ4n) is 4.98. The zero-order valence-corrected chi connectivity index (χ0v) is 22.4. The van der Waals surface area contributed by atoms with Gasteiger partial charge in [0.05, 0.1) is 34.5 Å². The van der Waals surface area contributed by atoms with Crippen molar-refractivity contribution in [2.24, 2.45) is 0 Å². The molecule has 0 spiro atoms. The molecule has 1 saturated heterocycles. The second-order valence-corrected chi connectivity index (χ2v) is 10.8. The third-order valence-corrected chi connectivity index (χ3v) is 8.06. The number of anilines is 1. The Bertz CT molecular complexity index is 1710. The van der Waals surface area contributed by atoms with Gasteiger partial charge in [-0.3, -0.25) is 14.5 Å². The van der Waals surface area contributed by atoms with Crippen LogP contribution in [0.3, 0.4) is 0 Å². The maximum atomic E-state index is 13.5. The molecule has 2 atom stereocenters. The molecule has 2 aliphatic rings. The third kappa shape index (κ3) is 4.24. The molecule has 2 aliphatic heterocycles. The summed E-state index contributed by atoms with van der Waals surface area (Å²) in [5, 5.41) is 12.3. The van der Waals surface area contributed by atoms with Crippen LogP contribution in [0.4, 0.5) is 5.13 Å². The van der Waals surface area contributed by atoms with Crippen LogP contribution in [0.2, 0.25) is 5.02 Å². The highest BCUT2D eigenvalue weighted by atomic mass is 35.5. The third-order valence-electron chi connectivity index (χ3n) is 6.81. The average molecular weight is 561 g/mol. The number of Topliss-reactive ketones (excluding diaryl/α,β-unsaturated/α-hetero) is 1. The molecule has 10 heteroatoms. The number of amides is 1. The summed E-state index contributed by atoms with van der Waals surface area (Å²) in [5.41, 5.74) is 2.67. The largest absolute Gasteiger partial charge is 0.507 e. The number of aliphatic hydroxyl groups excluding tert-OH is 1. The van der Waals surface area contributed by atoms with Crippen molar-refractivity contribution in [3.05, 3.63) is 93.5 Å². The van der Waals surface area contributed by atoms with E-state index in [-0.39, 0.29) is 22.6 Å². The van der Waals surface area contributed by atoms with Crippen LogP contribution in [-0.2, 0) is 20.7 Å². The number of hydrogen-bond donors (Lipinski definition) is 1. The summed E-state index contributed by atoms with van der Waals surface area (Å²) in [4.78, 5) is 44.9. The van der Waals surface area contributed by atoms with E-state index in [0.717, 1.165) is 16.0 Å². The number of nitrogens with zero attached hydrogens (tertiary/aromatic N) is 2. The van der Waals surface area contributed by atoms with Crippen molar-refractivity contribution in [1.82, 2.24) is 4.98 Å². The predicted molar refractivity (Wildman–Crippen MR) is 147 cm³/mol. The van der Waals surface area contributed by atoms with E-state index in [4.69, 9.17) is 21.1 Å². The summed E-state index contributed by atoms with van der Waals surface area (Å²) >= 11 is 7.37. The lowest BCUT2D eigenvalue weighted by atomic mass is 9.94. The molecule has 1 N–H and O–H groups in total. The van der Waals surface area contributed by atoms with E-state index in [1.165, 1.54) is 23.3 Å². The molecule has 39 heavy (non-hydrogen) atoms. The Balaban J connectivity index is 1.52. The van der Waals surface area contributed by atoms with E-state index in [9.17, 15) is 19.5 Å². The van der Waals surface area contributed by atoms with Crippen molar-refractivity contribution in [3.63, 3.8) is 0 Å². The van der Waals surface area contributed by atoms with Crippen LogP contribution >= 0.6 is 22.9 Å². The van der Waals surface area contributed by atoms with Crippen molar-refractivity contribution in [2.75, 3.05) is 12.0 Å². The van der Waals surface area contributed by atoms with Gasteiger partial charge in [-0.1, -0.05) is 35.1 Å². The highest BCUT2D eigenvalue weighted by molar-refractivity contribution is 7.22. The summed E-state index contributed by atoms with van der Waals surface area (Å²) < 4.78 is 11.3. The lowest BCUT2D eigenvalue weighted by molar-refractivity contribution is -0.132. The molecule has 0 radical (unpaired) electrons. The highest BCUT2D eigenvalue weighted by Gasteiger charge is 2.48. The van der Waals surface area contributed by atoms with Crippen LogP contribution < -0.4 is 9.64 Å². The van der Waals surface area contributed by atoms with Crippen molar-refractivity contribution in [1.29, 1.82) is 0 Å². The lowest BCUT2D eigenvalue weighted by Crippen LogP contribution is -2.29. The number of ketones is 1. The maximum Gasteiger partial charge on any atom is 0.337 e. The van der Waals surface area contributed by atoms with E-state index >= 15 is 0 Å². The van der Waals surface area contributed by atoms with Crippen LogP contribution in [0.25, 0.3) is 16.0 Å². The number of hydrogen-bond acceptors (Lipinski definition) is 8. The predicted octanol–water partition coefficient (Wildman–Crippen LogP) is 5.69. The van der Waals surface area contributed by atoms with E-state index < -0.39 is 23.7 Å². The molecule has 1 amide bonds. The summed E-state index contributed by atoms with van der Waals surface area (Å²) in [7, 11) is 1.28. The van der Waals surface area contributed by atoms with Gasteiger partial charge in [0.15, 0.2) is 5.13 Å². The van der Waals surface area contributed by atoms with E-state index in [1.807, 2.05) is 6.92 Å². The summed E-state index contributed by atoms with van der Waals surface area (Å²) in [6, 6.07) is 15.7. The summed E-state index contributed by atoms with van der Waals surface area (Å²) in [6.45, 7) is 1.95. The molecule has 3 heterocycles. The smallest absolute Gasteiger partial charge is 0.337 e. The number of carbonyl (C=O) groups excluding carboxylic acids is 3. The SMILES string of the molecule is COC(=O)c1ccc([C@@H]2C(=C(O)c3ccc4c(c3)C[C@H](C)O4)C(=O)C(=O)N2c2nc3ccc(Cl)cc3s2)cc1. The molecule has 3 aromatic carbocycles. The topological polar surface area (TPSA) is 106 Å². The second kappa shape index (κ2) is 9.52. The number of ether oxygens (including phenoxy) is 2. The molecule has 4 aromatic rings. The number of aliphatic hydroxyl groups is 1. The van der Waals surface area contributed by atoms with Gasteiger partial charge < -0.3 is 14.6 Å². The molecule has 8 nitrogen and oxygen atoms in total. The Kier molecular flexibility index (Phi) is 6.12. The zero-order valence-electron chi connectivity index (χ0n) is 20.8. The van der Waals surface area contributed by atoms with Crippen LogP contribution in [-0.4, -0.2) is 41.0 Å². The summed E-state index contributed by atoms with van der Waals surface area (Å²) in [6.07, 6.45) is 0.668. The summed E-state index contributed by atoms with van der Waals surface area (Å²) in [5.74, 6) is -1.75. The zero-order chi connectivity index (χ0) is 27.4. The molecule has 6 rings (SSSR count). The number of benzene rings is 3. The Morgan fingerprint density at radius 3 is 2.59 bits per heavy atom.